The summed E-state index contributed by atoms with van der Waals surface area (Å²) in [6, 6.07) is 0. The van der Waals surface area contributed by atoms with E-state index in [1.165, 1.54) is 24.1 Å². The molecular formula is C9H14N2. The van der Waals surface area contributed by atoms with Gasteiger partial charge in [0.15, 0.2) is 0 Å². The molecule has 0 aromatic carbocycles. The van der Waals surface area contributed by atoms with Gasteiger partial charge in [-0.1, -0.05) is 0 Å². The van der Waals surface area contributed by atoms with Crippen molar-refractivity contribution in [1.82, 2.24) is 5.32 Å². The van der Waals surface area contributed by atoms with Crippen LogP contribution in [0.3, 0.4) is 0 Å². The van der Waals surface area contributed by atoms with Gasteiger partial charge in [-0.2, -0.15) is 0 Å². The van der Waals surface area contributed by atoms with Crippen molar-refractivity contribution in [1.29, 1.82) is 0 Å². The van der Waals surface area contributed by atoms with Gasteiger partial charge in [-0.15, -0.1) is 0 Å². The van der Waals surface area contributed by atoms with Gasteiger partial charge >= 0.3 is 0 Å². The van der Waals surface area contributed by atoms with E-state index < -0.39 is 0 Å². The molecule has 0 bridgehead atoms. The van der Waals surface area contributed by atoms with Crippen LogP contribution in [0.2, 0.25) is 0 Å². The maximum atomic E-state index is 4.44. The van der Waals surface area contributed by atoms with Crippen LogP contribution in [-0.2, 0) is 0 Å². The molecule has 1 N–H and O–H groups in total. The van der Waals surface area contributed by atoms with E-state index in [1.54, 1.807) is 5.57 Å². The highest BCUT2D eigenvalue weighted by atomic mass is 14.9. The van der Waals surface area contributed by atoms with Crippen molar-refractivity contribution in [2.75, 3.05) is 19.6 Å². The predicted molar refractivity (Wildman–Crippen MR) is 47.1 cm³/mol. The summed E-state index contributed by atoms with van der Waals surface area (Å²) in [5.74, 6) is 0. The van der Waals surface area contributed by atoms with Gasteiger partial charge in [0.25, 0.3) is 0 Å². The summed E-state index contributed by atoms with van der Waals surface area (Å²) < 4.78 is 0. The summed E-state index contributed by atoms with van der Waals surface area (Å²) in [6.45, 7) is 5.38. The van der Waals surface area contributed by atoms with Gasteiger partial charge in [0.1, 0.15) is 0 Å². The number of hydrogen-bond acceptors (Lipinski definition) is 2. The average Bonchev–Trinajstić information content (AvgIpc) is 2.25. The van der Waals surface area contributed by atoms with Crippen molar-refractivity contribution in [2.24, 2.45) is 4.99 Å². The maximum Gasteiger partial charge on any atom is 0.0609 e. The Balaban J connectivity index is 2.22. The molecule has 2 rings (SSSR count). The summed E-state index contributed by atoms with van der Waals surface area (Å²) in [5, 5.41) is 3.40. The Kier molecular flexibility index (Phi) is 1.78. The lowest BCUT2D eigenvalue weighted by Crippen LogP contribution is -2.15. The quantitative estimate of drug-likeness (QED) is 0.550. The van der Waals surface area contributed by atoms with Crippen LogP contribution in [0.4, 0.5) is 0 Å². The lowest BCUT2D eigenvalue weighted by atomic mass is 10.0. The fourth-order valence-electron chi connectivity index (χ4n) is 1.83. The molecule has 0 atom stereocenters. The highest BCUT2D eigenvalue weighted by Gasteiger charge is 2.16. The molecule has 0 aromatic heterocycles. The molecule has 0 radical (unpaired) electrons. The van der Waals surface area contributed by atoms with E-state index in [4.69, 9.17) is 0 Å². The van der Waals surface area contributed by atoms with Crippen molar-refractivity contribution in [2.45, 2.75) is 19.8 Å². The number of nitrogens with zero attached hydrogens (tertiary/aromatic N) is 1. The van der Waals surface area contributed by atoms with Crippen LogP contribution < -0.4 is 5.32 Å². The predicted octanol–water partition coefficient (Wildman–Crippen LogP) is 1.14. The third-order valence-corrected chi connectivity index (χ3v) is 2.53. The lowest BCUT2D eigenvalue weighted by molar-refractivity contribution is 0.704. The third kappa shape index (κ3) is 1.23. The van der Waals surface area contributed by atoms with E-state index in [-0.39, 0.29) is 0 Å². The maximum absolute atomic E-state index is 4.44. The fourth-order valence-corrected chi connectivity index (χ4v) is 1.83. The summed E-state index contributed by atoms with van der Waals surface area (Å²) in [5.41, 5.74) is 4.39. The SMILES string of the molecule is CC1=NCC2=C1CCNCC2. The monoisotopic (exact) mass is 150 g/mol. The van der Waals surface area contributed by atoms with Gasteiger partial charge in [0.05, 0.1) is 6.54 Å². The molecular weight excluding hydrogens is 136 g/mol. The zero-order chi connectivity index (χ0) is 7.68. The van der Waals surface area contributed by atoms with Gasteiger partial charge < -0.3 is 5.32 Å². The van der Waals surface area contributed by atoms with Crippen LogP contribution in [0.25, 0.3) is 0 Å². The van der Waals surface area contributed by atoms with Crippen molar-refractivity contribution in [3.05, 3.63) is 11.1 Å². The summed E-state index contributed by atoms with van der Waals surface area (Å²) in [7, 11) is 0. The van der Waals surface area contributed by atoms with Gasteiger partial charge in [0, 0.05) is 5.71 Å². The fraction of sp³-hybridized carbons (Fsp3) is 0.667. The first-order valence-corrected chi connectivity index (χ1v) is 4.31. The second-order valence-electron chi connectivity index (χ2n) is 3.23. The van der Waals surface area contributed by atoms with E-state index in [0.29, 0.717) is 0 Å². The molecule has 2 heterocycles. The molecule has 0 saturated carbocycles. The Labute approximate surface area is 67.4 Å². The van der Waals surface area contributed by atoms with Gasteiger partial charge in [-0.25, -0.2) is 0 Å². The first kappa shape index (κ1) is 7.04. The van der Waals surface area contributed by atoms with Crippen LogP contribution in [-0.4, -0.2) is 25.3 Å². The van der Waals surface area contributed by atoms with E-state index in [9.17, 15) is 0 Å². The second kappa shape index (κ2) is 2.78. The summed E-state index contributed by atoms with van der Waals surface area (Å²) in [6.07, 6.45) is 2.39. The molecule has 0 unspecified atom stereocenters. The normalized spacial score (nSPS) is 24.6. The van der Waals surface area contributed by atoms with Gasteiger partial charge in [-0.3, -0.25) is 4.99 Å². The Morgan fingerprint density at radius 3 is 3.00 bits per heavy atom. The lowest BCUT2D eigenvalue weighted by Gasteiger charge is -2.00. The smallest absolute Gasteiger partial charge is 0.0609 e. The first-order valence-electron chi connectivity index (χ1n) is 4.31. The zero-order valence-corrected chi connectivity index (χ0v) is 6.98. The van der Waals surface area contributed by atoms with Crippen molar-refractivity contribution in [3.63, 3.8) is 0 Å². The highest BCUT2D eigenvalue weighted by molar-refractivity contribution is 6.00. The minimum Gasteiger partial charge on any atom is -0.316 e. The van der Waals surface area contributed by atoms with E-state index in [1.807, 2.05) is 0 Å². The number of nitrogens with one attached hydrogen (secondary N) is 1. The van der Waals surface area contributed by atoms with Crippen LogP contribution in [0, 0.1) is 0 Å². The minimum atomic E-state index is 0.975. The summed E-state index contributed by atoms with van der Waals surface area (Å²) >= 11 is 0. The molecule has 0 spiro atoms. The van der Waals surface area contributed by atoms with Gasteiger partial charge in [-0.05, 0) is 44.0 Å². The Morgan fingerprint density at radius 1 is 1.27 bits per heavy atom. The van der Waals surface area contributed by atoms with Crippen molar-refractivity contribution >= 4 is 5.71 Å². The number of hydrogen-bond donors (Lipinski definition) is 1. The molecule has 0 fully saturated rings. The second-order valence-corrected chi connectivity index (χ2v) is 3.23. The van der Waals surface area contributed by atoms with Crippen LogP contribution in [0.5, 0.6) is 0 Å². The van der Waals surface area contributed by atoms with Crippen molar-refractivity contribution < 1.29 is 0 Å². The minimum absolute atomic E-state index is 0.975. The van der Waals surface area contributed by atoms with E-state index >= 15 is 0 Å². The number of aliphatic imine (C=N–C) groups is 1. The molecule has 11 heavy (non-hydrogen) atoms. The highest BCUT2D eigenvalue weighted by Crippen LogP contribution is 2.22. The molecule has 2 aliphatic rings. The Bertz CT molecular complexity index is 226. The van der Waals surface area contributed by atoms with E-state index in [2.05, 4.69) is 17.2 Å². The molecule has 2 heteroatoms. The Hall–Kier alpha value is -0.630. The van der Waals surface area contributed by atoms with Crippen LogP contribution in [0.1, 0.15) is 19.8 Å². The zero-order valence-electron chi connectivity index (χ0n) is 6.98. The topological polar surface area (TPSA) is 24.4 Å². The van der Waals surface area contributed by atoms with Crippen LogP contribution >= 0.6 is 0 Å². The van der Waals surface area contributed by atoms with Crippen molar-refractivity contribution in [3.8, 4) is 0 Å². The average molecular weight is 150 g/mol. The van der Waals surface area contributed by atoms with E-state index in [0.717, 1.165) is 19.6 Å². The Morgan fingerprint density at radius 2 is 2.09 bits per heavy atom. The molecule has 0 amide bonds. The largest absolute Gasteiger partial charge is 0.316 e. The molecule has 2 nitrogen and oxygen atoms in total. The molecule has 0 saturated heterocycles. The number of rotatable bonds is 0. The van der Waals surface area contributed by atoms with Crippen LogP contribution in [0.15, 0.2) is 16.1 Å². The third-order valence-electron chi connectivity index (χ3n) is 2.53. The molecule has 60 valence electrons. The standard InChI is InChI=1S/C9H14N2/c1-7-9-3-5-10-4-2-8(9)6-11-7/h10H,2-6H2,1H3. The molecule has 0 aliphatic carbocycles. The molecule has 2 aliphatic heterocycles. The van der Waals surface area contributed by atoms with Gasteiger partial charge in [0.2, 0.25) is 0 Å². The first-order chi connectivity index (χ1) is 5.38. The molecule has 0 aromatic rings. The summed E-state index contributed by atoms with van der Waals surface area (Å²) in [4.78, 5) is 4.44.